The van der Waals surface area contributed by atoms with Crippen molar-refractivity contribution in [2.75, 3.05) is 26.2 Å². The Labute approximate surface area is 121 Å². The van der Waals surface area contributed by atoms with Gasteiger partial charge in [-0.25, -0.2) is 0 Å². The van der Waals surface area contributed by atoms with Gasteiger partial charge in [0.1, 0.15) is 0 Å². The summed E-state index contributed by atoms with van der Waals surface area (Å²) < 4.78 is 5.89. The van der Waals surface area contributed by atoms with Crippen molar-refractivity contribution in [1.29, 1.82) is 0 Å². The molecule has 2 heterocycles. The second-order valence-corrected chi connectivity index (χ2v) is 6.51. The van der Waals surface area contributed by atoms with Crippen LogP contribution in [-0.4, -0.2) is 49.2 Å². The Balaban J connectivity index is 1.42. The van der Waals surface area contributed by atoms with Crippen molar-refractivity contribution < 1.29 is 9.53 Å². The lowest BCUT2D eigenvalue weighted by atomic mass is 10.0. The Morgan fingerprint density at radius 3 is 3.00 bits per heavy atom. The first-order valence-electron chi connectivity index (χ1n) is 8.04. The highest BCUT2D eigenvalue weighted by Gasteiger charge is 2.30. The summed E-state index contributed by atoms with van der Waals surface area (Å²) in [6, 6.07) is 0.618. The Kier molecular flexibility index (Phi) is 4.41. The summed E-state index contributed by atoms with van der Waals surface area (Å²) >= 11 is 0. The highest BCUT2D eigenvalue weighted by molar-refractivity contribution is 5.88. The first-order valence-corrected chi connectivity index (χ1v) is 8.04. The summed E-state index contributed by atoms with van der Waals surface area (Å²) in [6.07, 6.45) is 8.32. The number of allylic oxidation sites excluding steroid dienone is 1. The van der Waals surface area contributed by atoms with Crippen molar-refractivity contribution >= 4 is 5.91 Å². The number of rotatable bonds is 4. The van der Waals surface area contributed by atoms with Crippen LogP contribution in [0.2, 0.25) is 0 Å². The highest BCUT2D eigenvalue weighted by atomic mass is 16.5. The molecule has 20 heavy (non-hydrogen) atoms. The Morgan fingerprint density at radius 1 is 1.35 bits per heavy atom. The number of piperidine rings is 1. The van der Waals surface area contributed by atoms with Crippen molar-refractivity contribution in [3.05, 3.63) is 11.6 Å². The van der Waals surface area contributed by atoms with Crippen LogP contribution in [0.3, 0.4) is 0 Å². The Bertz CT molecular complexity index is 390. The summed E-state index contributed by atoms with van der Waals surface area (Å²) in [4.78, 5) is 14.4. The van der Waals surface area contributed by atoms with Crippen molar-refractivity contribution in [2.24, 2.45) is 5.92 Å². The van der Waals surface area contributed by atoms with E-state index in [-0.39, 0.29) is 12.0 Å². The normalized spacial score (nSPS) is 31.8. The third kappa shape index (κ3) is 3.61. The molecule has 3 fully saturated rings. The fourth-order valence-electron chi connectivity index (χ4n) is 3.30. The van der Waals surface area contributed by atoms with Gasteiger partial charge in [0.2, 0.25) is 5.91 Å². The molecule has 3 rings (SSSR count). The van der Waals surface area contributed by atoms with Gasteiger partial charge in [0.25, 0.3) is 0 Å². The first-order chi connectivity index (χ1) is 9.72. The molecule has 2 unspecified atom stereocenters. The Morgan fingerprint density at radius 2 is 2.20 bits per heavy atom. The number of ether oxygens (including phenoxy) is 1. The lowest BCUT2D eigenvalue weighted by molar-refractivity contribution is -0.118. The fourth-order valence-corrected chi connectivity index (χ4v) is 3.30. The molecule has 3 aliphatic rings. The quantitative estimate of drug-likeness (QED) is 0.796. The monoisotopic (exact) mass is 278 g/mol. The summed E-state index contributed by atoms with van der Waals surface area (Å²) in [7, 11) is 0. The van der Waals surface area contributed by atoms with Crippen molar-refractivity contribution in [3.63, 3.8) is 0 Å². The summed E-state index contributed by atoms with van der Waals surface area (Å²) in [5.41, 5.74) is 1.23. The molecular formula is C16H26N2O2. The van der Waals surface area contributed by atoms with E-state index in [4.69, 9.17) is 4.74 Å². The molecule has 1 aliphatic carbocycles. The van der Waals surface area contributed by atoms with Crippen LogP contribution in [0.15, 0.2) is 11.6 Å². The number of fused-ring (bicyclic) bond motifs is 1. The van der Waals surface area contributed by atoms with Gasteiger partial charge >= 0.3 is 0 Å². The topological polar surface area (TPSA) is 41.6 Å². The molecule has 2 saturated heterocycles. The molecule has 0 aromatic rings. The molecule has 4 nitrogen and oxygen atoms in total. The van der Waals surface area contributed by atoms with Crippen LogP contribution in [0, 0.1) is 5.92 Å². The minimum absolute atomic E-state index is 0.0405. The second kappa shape index (κ2) is 6.27. The summed E-state index contributed by atoms with van der Waals surface area (Å²) in [5.74, 6) is 0.708. The van der Waals surface area contributed by atoms with Crippen molar-refractivity contribution in [1.82, 2.24) is 10.2 Å². The minimum Gasteiger partial charge on any atom is -0.373 e. The van der Waals surface area contributed by atoms with Crippen LogP contribution in [0.4, 0.5) is 0 Å². The number of carbonyl (C=O) groups excluding carboxylic acids is 1. The number of nitrogens with one attached hydrogen (secondary N) is 1. The zero-order valence-corrected chi connectivity index (χ0v) is 12.4. The van der Waals surface area contributed by atoms with Gasteiger partial charge in [-0.15, -0.1) is 0 Å². The molecular weight excluding hydrogens is 252 g/mol. The number of hydrogen-bond donors (Lipinski definition) is 1. The lowest BCUT2D eigenvalue weighted by Crippen LogP contribution is -2.54. The smallest absolute Gasteiger partial charge is 0.244 e. The van der Waals surface area contributed by atoms with E-state index in [1.54, 1.807) is 6.08 Å². The molecule has 0 bridgehead atoms. The number of morpholine rings is 1. The van der Waals surface area contributed by atoms with Gasteiger partial charge in [-0.05, 0) is 45.1 Å². The fraction of sp³-hybridized carbons (Fsp3) is 0.812. The third-order valence-corrected chi connectivity index (χ3v) is 4.80. The van der Waals surface area contributed by atoms with Crippen LogP contribution < -0.4 is 5.32 Å². The number of nitrogens with zero attached hydrogens (tertiary/aromatic N) is 1. The molecule has 0 spiro atoms. The predicted molar refractivity (Wildman–Crippen MR) is 78.4 cm³/mol. The van der Waals surface area contributed by atoms with Crippen LogP contribution in [0.25, 0.3) is 0 Å². The van der Waals surface area contributed by atoms with Gasteiger partial charge in [-0.1, -0.05) is 12.0 Å². The molecule has 1 saturated carbocycles. The second-order valence-electron chi connectivity index (χ2n) is 6.51. The maximum atomic E-state index is 11.9. The largest absolute Gasteiger partial charge is 0.373 e. The maximum absolute atomic E-state index is 11.9. The predicted octanol–water partition coefficient (Wildman–Crippen LogP) is 1.71. The van der Waals surface area contributed by atoms with Crippen LogP contribution >= 0.6 is 0 Å². The number of hydrogen-bond acceptors (Lipinski definition) is 3. The van der Waals surface area contributed by atoms with E-state index in [1.807, 2.05) is 0 Å². The standard InChI is InChI=1S/C16H26N2O2/c1-12(13-5-6-13)8-16(19)17-9-15-10-18-7-3-2-4-14(18)11-20-15/h8,13-15H,2-7,9-11H2,1H3,(H,17,19)/b12-8+. The molecule has 0 radical (unpaired) electrons. The molecule has 2 atom stereocenters. The Hall–Kier alpha value is -0.870. The maximum Gasteiger partial charge on any atom is 0.244 e. The van der Waals surface area contributed by atoms with Crippen LogP contribution in [0.5, 0.6) is 0 Å². The first kappa shape index (κ1) is 14.1. The SMILES string of the molecule is C/C(=C\C(=O)NCC1CN2CCCCC2CO1)C1CC1. The molecule has 1 amide bonds. The third-order valence-electron chi connectivity index (χ3n) is 4.80. The van der Waals surface area contributed by atoms with E-state index in [0.717, 1.165) is 13.2 Å². The average molecular weight is 278 g/mol. The minimum atomic E-state index is 0.0405. The molecule has 112 valence electrons. The molecule has 4 heteroatoms. The zero-order valence-electron chi connectivity index (χ0n) is 12.4. The van der Waals surface area contributed by atoms with Crippen molar-refractivity contribution in [2.45, 2.75) is 51.2 Å². The highest BCUT2D eigenvalue weighted by Crippen LogP contribution is 2.35. The molecule has 1 N–H and O–H groups in total. The van der Waals surface area contributed by atoms with Gasteiger partial charge < -0.3 is 10.1 Å². The van der Waals surface area contributed by atoms with Crippen LogP contribution in [-0.2, 0) is 9.53 Å². The van der Waals surface area contributed by atoms with Gasteiger partial charge in [-0.3, -0.25) is 9.69 Å². The van der Waals surface area contributed by atoms with Gasteiger partial charge in [0, 0.05) is 25.2 Å². The molecule has 2 aliphatic heterocycles. The lowest BCUT2D eigenvalue weighted by Gasteiger charge is -2.42. The summed E-state index contributed by atoms with van der Waals surface area (Å²) in [6.45, 7) is 5.69. The van der Waals surface area contributed by atoms with E-state index in [0.29, 0.717) is 18.5 Å². The number of carbonyl (C=O) groups is 1. The van der Waals surface area contributed by atoms with E-state index in [9.17, 15) is 4.79 Å². The van der Waals surface area contributed by atoms with Gasteiger partial charge in [0.15, 0.2) is 0 Å². The van der Waals surface area contributed by atoms with Gasteiger partial charge in [-0.2, -0.15) is 0 Å². The molecule has 0 aromatic carbocycles. The summed E-state index contributed by atoms with van der Waals surface area (Å²) in [5, 5.41) is 2.99. The van der Waals surface area contributed by atoms with Crippen molar-refractivity contribution in [3.8, 4) is 0 Å². The molecule has 0 aromatic heterocycles. The van der Waals surface area contributed by atoms with E-state index in [1.165, 1.54) is 44.2 Å². The zero-order chi connectivity index (χ0) is 13.9. The van der Waals surface area contributed by atoms with E-state index >= 15 is 0 Å². The van der Waals surface area contributed by atoms with E-state index in [2.05, 4.69) is 17.1 Å². The van der Waals surface area contributed by atoms with E-state index < -0.39 is 0 Å². The van der Waals surface area contributed by atoms with Crippen LogP contribution in [0.1, 0.15) is 39.0 Å². The van der Waals surface area contributed by atoms with Gasteiger partial charge in [0.05, 0.1) is 12.7 Å². The number of amides is 1. The average Bonchev–Trinajstić information content (AvgIpc) is 3.29.